The fourth-order valence-corrected chi connectivity index (χ4v) is 12.2. The summed E-state index contributed by atoms with van der Waals surface area (Å²) in [6, 6.07) is 0. The molecule has 8 aliphatic rings. The third kappa shape index (κ3) is 3.68. The van der Waals surface area contributed by atoms with Gasteiger partial charge in [0.25, 0.3) is 5.79 Å². The number of epoxide rings is 1. The van der Waals surface area contributed by atoms with Gasteiger partial charge in [0.2, 0.25) is 6.29 Å². The van der Waals surface area contributed by atoms with Crippen LogP contribution in [0.1, 0.15) is 47.5 Å². The van der Waals surface area contributed by atoms with E-state index in [9.17, 15) is 39.6 Å². The average molecular weight is 721 g/mol. The molecule has 16 heteroatoms. The second-order valence-electron chi connectivity index (χ2n) is 15.8. The van der Waals surface area contributed by atoms with Crippen molar-refractivity contribution in [2.45, 2.75) is 107 Å². The number of rotatable bonds is 7. The third-order valence-corrected chi connectivity index (χ3v) is 14.2. The summed E-state index contributed by atoms with van der Waals surface area (Å²) < 4.78 is 48.5. The molecule has 8 rings (SSSR count). The Morgan fingerprint density at radius 3 is 2.41 bits per heavy atom. The maximum atomic E-state index is 14.1. The third-order valence-electron chi connectivity index (χ3n) is 14.2. The zero-order valence-corrected chi connectivity index (χ0v) is 29.2. The predicted molar refractivity (Wildman–Crippen MR) is 164 cm³/mol. The van der Waals surface area contributed by atoms with Gasteiger partial charge in [0.1, 0.15) is 30.0 Å². The summed E-state index contributed by atoms with van der Waals surface area (Å²) in [6.45, 7) is 5.74. The summed E-state index contributed by atoms with van der Waals surface area (Å²) in [5.74, 6) is -9.86. The van der Waals surface area contributed by atoms with Crippen LogP contribution in [0.5, 0.6) is 0 Å². The van der Waals surface area contributed by atoms with Crippen LogP contribution in [-0.2, 0) is 57.1 Å². The summed E-state index contributed by atoms with van der Waals surface area (Å²) in [5.41, 5.74) is -9.61. The lowest BCUT2D eigenvalue weighted by Gasteiger charge is -2.66. The van der Waals surface area contributed by atoms with E-state index in [1.54, 1.807) is 20.8 Å². The lowest BCUT2D eigenvalue weighted by atomic mass is 9.37. The van der Waals surface area contributed by atoms with Crippen molar-refractivity contribution in [2.24, 2.45) is 34.0 Å². The SMILES string of the molecule is C/C=C(\C)C(=O)O[C@H]1C[C@@H](OC(C)=O)[C@@]2(C(=O)CO)CO[C@H]3[C@@H](O)[C@@](C)([C@]45O[C@@]4(C)[C@H]4C[C@@H]5O[C@@H]5OC=C[C@@]54O)[C@H]4[C@]1(CO[C@]4(O)C(=O)OC)[C@@H]32. The molecule has 16 atom stereocenters. The molecule has 0 amide bonds. The van der Waals surface area contributed by atoms with Crippen molar-refractivity contribution >= 4 is 23.7 Å². The molecule has 5 aliphatic heterocycles. The second-order valence-corrected chi connectivity index (χ2v) is 15.8. The topological polar surface area (TPSA) is 226 Å². The highest BCUT2D eigenvalue weighted by atomic mass is 16.7. The molecule has 3 aliphatic carbocycles. The number of carbonyl (C=O) groups excluding carboxylic acids is 4. The number of Topliss-reactive ketones (excluding diaryl/α,β-unsaturated/α-hetero) is 1. The fourth-order valence-electron chi connectivity index (χ4n) is 12.2. The smallest absolute Gasteiger partial charge is 0.366 e. The van der Waals surface area contributed by atoms with Gasteiger partial charge in [-0.15, -0.1) is 0 Å². The minimum Gasteiger partial charge on any atom is -0.469 e. The molecule has 0 aromatic heterocycles. The number of ether oxygens (including phenoxy) is 8. The molecule has 3 saturated carbocycles. The molecule has 4 saturated heterocycles. The molecule has 2 bridgehead atoms. The van der Waals surface area contributed by atoms with Crippen molar-refractivity contribution in [3.05, 3.63) is 24.0 Å². The van der Waals surface area contributed by atoms with E-state index < -0.39 is 137 Å². The maximum absolute atomic E-state index is 14.1. The van der Waals surface area contributed by atoms with Gasteiger partial charge in [-0.3, -0.25) is 9.59 Å². The Balaban J connectivity index is 1.40. The Morgan fingerprint density at radius 2 is 1.76 bits per heavy atom. The molecular weight excluding hydrogens is 676 g/mol. The molecule has 280 valence electrons. The number of methoxy groups -OCH3 is 1. The molecule has 16 nitrogen and oxygen atoms in total. The van der Waals surface area contributed by atoms with Crippen LogP contribution in [0.25, 0.3) is 0 Å². The summed E-state index contributed by atoms with van der Waals surface area (Å²) in [7, 11) is 1.05. The number of aliphatic hydroxyl groups is 4. The van der Waals surface area contributed by atoms with E-state index in [2.05, 4.69) is 0 Å². The summed E-state index contributed by atoms with van der Waals surface area (Å²) >= 11 is 0. The van der Waals surface area contributed by atoms with E-state index in [1.807, 2.05) is 0 Å². The van der Waals surface area contributed by atoms with Crippen molar-refractivity contribution in [2.75, 3.05) is 26.9 Å². The molecule has 4 N–H and O–H groups in total. The van der Waals surface area contributed by atoms with E-state index >= 15 is 0 Å². The summed E-state index contributed by atoms with van der Waals surface area (Å²) in [4.78, 5) is 54.3. The van der Waals surface area contributed by atoms with Crippen LogP contribution in [0.3, 0.4) is 0 Å². The first-order valence-electron chi connectivity index (χ1n) is 17.3. The van der Waals surface area contributed by atoms with Gasteiger partial charge in [-0.2, -0.15) is 0 Å². The number of hydrogen-bond acceptors (Lipinski definition) is 16. The number of esters is 3. The lowest BCUT2D eigenvalue weighted by molar-refractivity contribution is -0.314. The van der Waals surface area contributed by atoms with Gasteiger partial charge < -0.3 is 58.3 Å². The molecule has 7 fully saturated rings. The largest absolute Gasteiger partial charge is 0.469 e. The van der Waals surface area contributed by atoms with Crippen LogP contribution < -0.4 is 0 Å². The average Bonchev–Trinajstić information content (AvgIpc) is 3.47. The zero-order chi connectivity index (χ0) is 36.9. The molecule has 0 radical (unpaired) electrons. The van der Waals surface area contributed by atoms with Gasteiger partial charge >= 0.3 is 17.9 Å². The van der Waals surface area contributed by atoms with Crippen LogP contribution >= 0.6 is 0 Å². The van der Waals surface area contributed by atoms with Crippen LogP contribution in [0.15, 0.2) is 24.0 Å². The number of carbonyl (C=O) groups is 4. The van der Waals surface area contributed by atoms with Gasteiger partial charge in [0.15, 0.2) is 11.4 Å². The van der Waals surface area contributed by atoms with Crippen molar-refractivity contribution in [1.82, 2.24) is 0 Å². The Hall–Kier alpha value is -2.96. The zero-order valence-electron chi connectivity index (χ0n) is 29.2. The minimum atomic E-state index is -2.85. The molecule has 5 heterocycles. The molecule has 0 unspecified atom stereocenters. The van der Waals surface area contributed by atoms with Crippen LogP contribution in [0.2, 0.25) is 0 Å². The summed E-state index contributed by atoms with van der Waals surface area (Å²) in [5, 5.41) is 47.8. The van der Waals surface area contributed by atoms with Gasteiger partial charge in [-0.05, 0) is 33.3 Å². The minimum absolute atomic E-state index is 0.220. The van der Waals surface area contributed by atoms with Gasteiger partial charge in [0, 0.05) is 47.5 Å². The van der Waals surface area contributed by atoms with Gasteiger partial charge in [0.05, 0.1) is 50.3 Å². The quantitative estimate of drug-likeness (QED) is 0.109. The molecule has 0 aromatic rings. The molecular formula is C35H44O16. The highest BCUT2D eigenvalue weighted by Crippen LogP contribution is 2.83. The van der Waals surface area contributed by atoms with E-state index in [0.717, 1.165) is 14.0 Å². The normalized spacial score (nSPS) is 54.0. The number of aliphatic hydroxyl groups excluding tert-OH is 2. The lowest BCUT2D eigenvalue weighted by Crippen LogP contribution is -2.79. The Bertz CT molecular complexity index is 1660. The van der Waals surface area contributed by atoms with E-state index in [1.165, 1.54) is 25.3 Å². The predicted octanol–water partition coefficient (Wildman–Crippen LogP) is -0.815. The highest BCUT2D eigenvalue weighted by Gasteiger charge is 2.97. The number of hydrogen-bond donors (Lipinski definition) is 4. The Labute approximate surface area is 292 Å². The monoisotopic (exact) mass is 720 g/mol. The maximum Gasteiger partial charge on any atom is 0.366 e. The highest BCUT2D eigenvalue weighted by molar-refractivity contribution is 5.90. The molecule has 1 spiro atoms. The second kappa shape index (κ2) is 10.6. The van der Waals surface area contributed by atoms with Crippen LogP contribution in [-0.4, -0.2) is 130 Å². The van der Waals surface area contributed by atoms with Gasteiger partial charge in [-0.1, -0.05) is 13.0 Å². The first-order chi connectivity index (χ1) is 23.9. The fraction of sp³-hybridized carbons (Fsp3) is 0.771. The van der Waals surface area contributed by atoms with E-state index in [-0.39, 0.29) is 18.4 Å². The Kier molecular flexibility index (Phi) is 7.29. The van der Waals surface area contributed by atoms with Crippen LogP contribution in [0.4, 0.5) is 0 Å². The number of ketones is 1. The van der Waals surface area contributed by atoms with E-state index in [0.29, 0.717) is 0 Å². The number of allylic oxidation sites excluding steroid dienone is 1. The first-order valence-corrected chi connectivity index (χ1v) is 17.3. The Morgan fingerprint density at radius 1 is 1.04 bits per heavy atom. The van der Waals surface area contributed by atoms with Crippen LogP contribution in [0, 0.1) is 34.0 Å². The standard InChI is InChI=1S/C35H44O16/c1-7-15(2)25(40)49-20-11-19(48-16(3)37)31(18(38)12-36)13-46-22-23(31)32(20)14-47-34(43,27(41)44-6)26(32)29(4,24(22)39)35-21-10-17(30(35,5)51-35)33(42)8-9-45-28(33)50-21/h7-9,17,19-24,26,28,36,39,42-43H,10-14H2,1-6H3/b15-7+/t17-,19-,20+,21+,22-,23+,24-,26+,28+,29-,30+,31+,32+,33+,34+,35+/m1/s1. The molecule has 0 aromatic carbocycles. The van der Waals surface area contributed by atoms with Crippen molar-refractivity contribution in [1.29, 1.82) is 0 Å². The first kappa shape index (κ1) is 35.1. The molecule has 51 heavy (non-hydrogen) atoms. The van der Waals surface area contributed by atoms with Gasteiger partial charge in [-0.25, -0.2) is 9.59 Å². The summed E-state index contributed by atoms with van der Waals surface area (Å²) in [6.07, 6.45) is -3.33. The van der Waals surface area contributed by atoms with Crippen molar-refractivity contribution in [3.63, 3.8) is 0 Å². The van der Waals surface area contributed by atoms with Crippen molar-refractivity contribution in [3.8, 4) is 0 Å². The number of fused-ring (bicyclic) bond motifs is 7. The van der Waals surface area contributed by atoms with Crippen molar-refractivity contribution < 1.29 is 77.5 Å². The van der Waals surface area contributed by atoms with E-state index in [4.69, 9.17) is 37.9 Å².